The van der Waals surface area contributed by atoms with Crippen molar-refractivity contribution < 1.29 is 8.42 Å². The summed E-state index contributed by atoms with van der Waals surface area (Å²) in [6, 6.07) is 7.15. The molecule has 0 aliphatic carbocycles. The number of benzene rings is 1. The van der Waals surface area contributed by atoms with Gasteiger partial charge in [0.2, 0.25) is 10.0 Å². The largest absolute Gasteiger partial charge is 0.398 e. The first kappa shape index (κ1) is 13.4. The molecule has 4 nitrogen and oxygen atoms in total. The Balaban J connectivity index is 2.14. The van der Waals surface area contributed by atoms with E-state index in [9.17, 15) is 8.42 Å². The first-order chi connectivity index (χ1) is 8.49. The average Bonchev–Trinajstić information content (AvgIpc) is 2.32. The van der Waals surface area contributed by atoms with Gasteiger partial charge in [-0.3, -0.25) is 0 Å². The number of hydrogen-bond acceptors (Lipinski definition) is 3. The average molecular weight is 268 g/mol. The number of nitrogen functional groups attached to an aromatic ring is 1. The van der Waals surface area contributed by atoms with E-state index in [1.807, 2.05) is 12.1 Å². The van der Waals surface area contributed by atoms with E-state index in [2.05, 4.69) is 6.92 Å². The number of para-hydroxylation sites is 1. The summed E-state index contributed by atoms with van der Waals surface area (Å²) in [4.78, 5) is 0. The van der Waals surface area contributed by atoms with Crippen molar-refractivity contribution >= 4 is 15.7 Å². The maximum absolute atomic E-state index is 12.3. The van der Waals surface area contributed by atoms with Crippen LogP contribution in [-0.4, -0.2) is 25.8 Å². The third-order valence-corrected chi connectivity index (χ3v) is 5.20. The summed E-state index contributed by atoms with van der Waals surface area (Å²) in [5.41, 5.74) is 7.04. The van der Waals surface area contributed by atoms with E-state index >= 15 is 0 Å². The monoisotopic (exact) mass is 268 g/mol. The predicted molar refractivity (Wildman–Crippen MR) is 73.4 cm³/mol. The van der Waals surface area contributed by atoms with Gasteiger partial charge in [-0.2, -0.15) is 0 Å². The Morgan fingerprint density at radius 1 is 1.39 bits per heavy atom. The fraction of sp³-hybridized carbons (Fsp3) is 0.538. The molecule has 0 amide bonds. The van der Waals surface area contributed by atoms with Crippen LogP contribution in [0.2, 0.25) is 0 Å². The second kappa shape index (κ2) is 5.28. The molecule has 1 fully saturated rings. The van der Waals surface area contributed by atoms with E-state index in [1.165, 1.54) is 0 Å². The molecule has 1 saturated heterocycles. The molecule has 1 aromatic carbocycles. The number of rotatable bonds is 3. The first-order valence-corrected chi connectivity index (χ1v) is 7.91. The number of anilines is 1. The lowest BCUT2D eigenvalue weighted by molar-refractivity contribution is 0.281. The fourth-order valence-electron chi connectivity index (χ4n) is 2.35. The smallest absolute Gasteiger partial charge is 0.218 e. The number of piperidine rings is 1. The molecular weight excluding hydrogens is 248 g/mol. The molecule has 1 aliphatic rings. The van der Waals surface area contributed by atoms with Gasteiger partial charge in [-0.05, 0) is 30.4 Å². The number of sulfonamides is 1. The van der Waals surface area contributed by atoms with Crippen LogP contribution in [0.25, 0.3) is 0 Å². The lowest BCUT2D eigenvalue weighted by Crippen LogP contribution is -2.39. The zero-order valence-electron chi connectivity index (χ0n) is 10.7. The van der Waals surface area contributed by atoms with Gasteiger partial charge < -0.3 is 5.73 Å². The van der Waals surface area contributed by atoms with Gasteiger partial charge in [0.15, 0.2) is 0 Å². The number of hydrogen-bond donors (Lipinski definition) is 1. The summed E-state index contributed by atoms with van der Waals surface area (Å²) in [5.74, 6) is 0.452. The van der Waals surface area contributed by atoms with Crippen molar-refractivity contribution in [3.63, 3.8) is 0 Å². The van der Waals surface area contributed by atoms with E-state index in [0.717, 1.165) is 12.8 Å². The zero-order valence-corrected chi connectivity index (χ0v) is 11.5. The normalized spacial score (nSPS) is 21.9. The van der Waals surface area contributed by atoms with Crippen LogP contribution >= 0.6 is 0 Å². The van der Waals surface area contributed by atoms with Crippen LogP contribution in [0.4, 0.5) is 5.69 Å². The van der Waals surface area contributed by atoms with Crippen molar-refractivity contribution in [2.45, 2.75) is 25.5 Å². The van der Waals surface area contributed by atoms with Crippen LogP contribution in [0.3, 0.4) is 0 Å². The molecule has 0 spiro atoms. The predicted octanol–water partition coefficient (Wildman–Crippen LogP) is 1.83. The maximum atomic E-state index is 12.3. The first-order valence-electron chi connectivity index (χ1n) is 6.30. The highest BCUT2D eigenvalue weighted by Gasteiger charge is 2.27. The molecule has 2 N–H and O–H groups in total. The van der Waals surface area contributed by atoms with Gasteiger partial charge in [-0.1, -0.05) is 25.1 Å². The van der Waals surface area contributed by atoms with E-state index in [-0.39, 0.29) is 5.75 Å². The zero-order chi connectivity index (χ0) is 13.2. The van der Waals surface area contributed by atoms with Crippen LogP contribution in [0.1, 0.15) is 25.3 Å². The van der Waals surface area contributed by atoms with Gasteiger partial charge in [0.25, 0.3) is 0 Å². The van der Waals surface area contributed by atoms with Crippen molar-refractivity contribution in [1.29, 1.82) is 0 Å². The van der Waals surface area contributed by atoms with Crippen LogP contribution in [0.5, 0.6) is 0 Å². The molecule has 100 valence electrons. The summed E-state index contributed by atoms with van der Waals surface area (Å²) < 4.78 is 26.3. The topological polar surface area (TPSA) is 63.4 Å². The third-order valence-electron chi connectivity index (χ3n) is 3.41. The lowest BCUT2D eigenvalue weighted by Gasteiger charge is -2.30. The Morgan fingerprint density at radius 2 is 2.11 bits per heavy atom. The maximum Gasteiger partial charge on any atom is 0.218 e. The minimum atomic E-state index is -3.24. The van der Waals surface area contributed by atoms with Crippen LogP contribution < -0.4 is 5.73 Å². The second-order valence-corrected chi connectivity index (χ2v) is 7.03. The highest BCUT2D eigenvalue weighted by Crippen LogP contribution is 2.22. The van der Waals surface area contributed by atoms with Gasteiger partial charge in [0.1, 0.15) is 0 Å². The van der Waals surface area contributed by atoms with Gasteiger partial charge in [0.05, 0.1) is 5.75 Å². The Labute approximate surface area is 109 Å². The Kier molecular flexibility index (Phi) is 3.92. The van der Waals surface area contributed by atoms with Gasteiger partial charge in [0, 0.05) is 18.8 Å². The van der Waals surface area contributed by atoms with E-state index in [1.54, 1.807) is 16.4 Å². The minimum absolute atomic E-state index is 0.00634. The molecule has 1 unspecified atom stereocenters. The van der Waals surface area contributed by atoms with Gasteiger partial charge in [-0.25, -0.2) is 12.7 Å². The van der Waals surface area contributed by atoms with Crippen molar-refractivity contribution in [3.8, 4) is 0 Å². The summed E-state index contributed by atoms with van der Waals surface area (Å²) in [5, 5.41) is 0. The quantitative estimate of drug-likeness (QED) is 0.851. The molecule has 0 radical (unpaired) electrons. The van der Waals surface area contributed by atoms with Crippen LogP contribution in [0.15, 0.2) is 24.3 Å². The molecule has 1 atom stereocenters. The van der Waals surface area contributed by atoms with Gasteiger partial charge in [-0.15, -0.1) is 0 Å². The summed E-state index contributed by atoms with van der Waals surface area (Å²) in [7, 11) is -3.24. The number of nitrogens with zero attached hydrogens (tertiary/aromatic N) is 1. The SMILES string of the molecule is CC1CCCN(S(=O)(=O)Cc2ccccc2N)C1. The molecule has 1 heterocycles. The molecule has 2 rings (SSSR count). The number of nitrogens with two attached hydrogens (primary N) is 1. The van der Waals surface area contributed by atoms with Crippen molar-refractivity contribution in [2.24, 2.45) is 5.92 Å². The molecular formula is C13H20N2O2S. The summed E-state index contributed by atoms with van der Waals surface area (Å²) >= 11 is 0. The molecule has 0 aromatic heterocycles. The van der Waals surface area contributed by atoms with Crippen molar-refractivity contribution in [1.82, 2.24) is 4.31 Å². The second-order valence-electron chi connectivity index (χ2n) is 5.06. The molecule has 5 heteroatoms. The van der Waals surface area contributed by atoms with Crippen molar-refractivity contribution in [3.05, 3.63) is 29.8 Å². The fourth-order valence-corrected chi connectivity index (χ4v) is 4.08. The standard InChI is InChI=1S/C13H20N2O2S/c1-11-5-4-8-15(9-11)18(16,17)10-12-6-2-3-7-13(12)14/h2-3,6-7,11H,4-5,8-10,14H2,1H3. The molecule has 18 heavy (non-hydrogen) atoms. The van der Waals surface area contributed by atoms with E-state index in [0.29, 0.717) is 30.3 Å². The third kappa shape index (κ3) is 3.03. The Hall–Kier alpha value is -1.07. The minimum Gasteiger partial charge on any atom is -0.398 e. The highest BCUT2D eigenvalue weighted by atomic mass is 32.2. The lowest BCUT2D eigenvalue weighted by atomic mass is 10.0. The summed E-state index contributed by atoms with van der Waals surface area (Å²) in [6.45, 7) is 3.37. The Morgan fingerprint density at radius 3 is 2.78 bits per heavy atom. The van der Waals surface area contributed by atoms with Crippen LogP contribution in [-0.2, 0) is 15.8 Å². The Bertz CT molecular complexity index is 513. The molecule has 0 bridgehead atoms. The molecule has 0 saturated carbocycles. The van der Waals surface area contributed by atoms with Gasteiger partial charge >= 0.3 is 0 Å². The molecule has 1 aromatic rings. The van der Waals surface area contributed by atoms with Crippen LogP contribution in [0, 0.1) is 5.92 Å². The molecule has 1 aliphatic heterocycles. The van der Waals surface area contributed by atoms with E-state index < -0.39 is 10.0 Å². The summed E-state index contributed by atoms with van der Waals surface area (Å²) in [6.07, 6.45) is 2.06. The van der Waals surface area contributed by atoms with Crippen molar-refractivity contribution in [2.75, 3.05) is 18.8 Å². The highest BCUT2D eigenvalue weighted by molar-refractivity contribution is 7.88. The van der Waals surface area contributed by atoms with E-state index in [4.69, 9.17) is 5.73 Å².